The first-order valence-corrected chi connectivity index (χ1v) is 23.4. The second-order valence-electron chi connectivity index (χ2n) is 16.2. The number of rotatable bonds is 14. The number of carbonyl (C=O) groups excluding carboxylic acids is 4. The summed E-state index contributed by atoms with van der Waals surface area (Å²) in [6.07, 6.45) is 16.5. The van der Waals surface area contributed by atoms with Crippen LogP contribution in [0.25, 0.3) is 20.2 Å². The summed E-state index contributed by atoms with van der Waals surface area (Å²) in [5, 5.41) is 8.08. The maximum Gasteiger partial charge on any atom is 0.417 e. The average Bonchev–Trinajstić information content (AvgIpc) is 3.97. The first-order valence-electron chi connectivity index (χ1n) is 21.8. The van der Waals surface area contributed by atoms with Gasteiger partial charge in [-0.25, -0.2) is 0 Å². The summed E-state index contributed by atoms with van der Waals surface area (Å²) in [6, 6.07) is 13.3. The number of aromatic nitrogens is 4. The van der Waals surface area contributed by atoms with Gasteiger partial charge in [0.15, 0.2) is 0 Å². The summed E-state index contributed by atoms with van der Waals surface area (Å²) in [5.41, 5.74) is -0.154. The number of pyridine rings is 4. The zero-order valence-electron chi connectivity index (χ0n) is 35.4. The molecule has 2 aliphatic rings. The molecule has 0 saturated carbocycles. The fraction of sp³-hybridized carbons (Fsp3) is 0.404. The van der Waals surface area contributed by atoms with Gasteiger partial charge in [-0.3, -0.25) is 39.1 Å². The molecule has 2 aliphatic heterocycles. The average molecular weight is 913 g/mol. The van der Waals surface area contributed by atoms with Gasteiger partial charge in [0.25, 0.3) is 23.6 Å². The third-order valence-corrected chi connectivity index (χ3v) is 13.9. The highest BCUT2D eigenvalue weighted by molar-refractivity contribution is 7.21. The first kappa shape index (κ1) is 46.2. The van der Waals surface area contributed by atoms with Gasteiger partial charge in [0.1, 0.15) is 5.69 Å². The Kier molecular flexibility index (Phi) is 16.0. The molecule has 0 radical (unpaired) electrons. The number of fused-ring (bicyclic) bond motifs is 2. The highest BCUT2D eigenvalue weighted by atomic mass is 32.1. The molecule has 2 fully saturated rings. The third kappa shape index (κ3) is 12.7. The summed E-state index contributed by atoms with van der Waals surface area (Å²) in [5.74, 6) is 0.848. The predicted molar refractivity (Wildman–Crippen MR) is 242 cm³/mol. The Hall–Kier alpha value is -5.81. The molecule has 0 bridgehead atoms. The van der Waals surface area contributed by atoms with Gasteiger partial charge in [0.05, 0.1) is 30.3 Å². The standard InChI is InChI=1S/C24H25F3N4O2S.C23H26N4O2S/c25-24(26,27)18-4-5-19(30-14-18)23(33)31-11-7-16(8-12-31)3-1-2-9-29-22(32)20-13-17-6-10-28-15-21(17)34-20;28-22(20-14-18-6-11-25-16-21(18)30-20)26-10-2-1-4-17-7-12-27(13-8-17)23(29)19-5-3-9-24-15-19/h4-6,10,13-16H,1-3,7-9,11-12H2,(H,29,32);3,5-6,9,11,14-17H,1-2,4,7-8,10,12-13H2,(H,26,28). The molecule has 17 heteroatoms. The Labute approximate surface area is 377 Å². The van der Waals surface area contributed by atoms with Crippen LogP contribution in [0.1, 0.15) is 110 Å². The van der Waals surface area contributed by atoms with E-state index in [1.807, 2.05) is 35.2 Å². The van der Waals surface area contributed by atoms with Gasteiger partial charge in [-0.1, -0.05) is 25.7 Å². The fourth-order valence-corrected chi connectivity index (χ4v) is 9.95. The van der Waals surface area contributed by atoms with E-state index in [0.29, 0.717) is 54.7 Å². The zero-order valence-corrected chi connectivity index (χ0v) is 37.0. The highest BCUT2D eigenvalue weighted by Crippen LogP contribution is 2.30. The molecule has 336 valence electrons. The Morgan fingerprint density at radius 1 is 0.625 bits per heavy atom. The van der Waals surface area contributed by atoms with Crippen LogP contribution in [0.3, 0.4) is 0 Å². The Morgan fingerprint density at radius 2 is 1.14 bits per heavy atom. The van der Waals surface area contributed by atoms with E-state index in [9.17, 15) is 32.3 Å². The second kappa shape index (κ2) is 22.2. The van der Waals surface area contributed by atoms with Crippen LogP contribution in [0, 0.1) is 11.8 Å². The molecule has 64 heavy (non-hydrogen) atoms. The van der Waals surface area contributed by atoms with Crippen molar-refractivity contribution in [2.75, 3.05) is 39.3 Å². The second-order valence-corrected chi connectivity index (χ2v) is 18.4. The van der Waals surface area contributed by atoms with Crippen LogP contribution in [0.15, 0.2) is 91.9 Å². The first-order chi connectivity index (χ1) is 31.0. The molecular formula is C47H51F3N8O4S2. The molecule has 0 spiro atoms. The van der Waals surface area contributed by atoms with Gasteiger partial charge in [-0.2, -0.15) is 13.2 Å². The lowest BCUT2D eigenvalue weighted by molar-refractivity contribution is -0.137. The van der Waals surface area contributed by atoms with Crippen LogP contribution < -0.4 is 10.6 Å². The number of amides is 4. The lowest BCUT2D eigenvalue weighted by atomic mass is 9.91. The van der Waals surface area contributed by atoms with E-state index in [0.717, 1.165) is 114 Å². The summed E-state index contributed by atoms with van der Waals surface area (Å²) in [7, 11) is 0. The van der Waals surface area contributed by atoms with Gasteiger partial charge < -0.3 is 20.4 Å². The SMILES string of the molecule is O=C(NCCCCC1CCN(C(=O)c2ccc(C(F)(F)F)cn2)CC1)c1cc2ccncc2s1.O=C(NCCCCC1CCN(C(=O)c2cccnc2)CC1)c1cc2ccncc2s1. The van der Waals surface area contributed by atoms with Gasteiger partial charge in [-0.15, -0.1) is 22.7 Å². The van der Waals surface area contributed by atoms with E-state index in [4.69, 9.17) is 0 Å². The quantitative estimate of drug-likeness (QED) is 0.103. The lowest BCUT2D eigenvalue weighted by Gasteiger charge is -2.32. The minimum Gasteiger partial charge on any atom is -0.351 e. The summed E-state index contributed by atoms with van der Waals surface area (Å²) in [6.45, 7) is 4.09. The molecule has 12 nitrogen and oxygen atoms in total. The number of hydrogen-bond donors (Lipinski definition) is 2. The number of nitrogens with zero attached hydrogens (tertiary/aromatic N) is 6. The monoisotopic (exact) mass is 912 g/mol. The van der Waals surface area contributed by atoms with E-state index < -0.39 is 11.7 Å². The van der Waals surface area contributed by atoms with Crippen molar-refractivity contribution in [1.82, 2.24) is 40.4 Å². The number of thiophene rings is 2. The van der Waals surface area contributed by atoms with E-state index in [1.54, 1.807) is 48.1 Å². The molecule has 4 amide bonds. The van der Waals surface area contributed by atoms with Gasteiger partial charge >= 0.3 is 6.18 Å². The van der Waals surface area contributed by atoms with Crippen molar-refractivity contribution < 1.29 is 32.3 Å². The number of hydrogen-bond acceptors (Lipinski definition) is 10. The number of carbonyl (C=O) groups is 4. The van der Waals surface area contributed by atoms with Crippen LogP contribution in [0.2, 0.25) is 0 Å². The maximum absolute atomic E-state index is 12.7. The molecule has 8 heterocycles. The molecular weight excluding hydrogens is 862 g/mol. The predicted octanol–water partition coefficient (Wildman–Crippen LogP) is 9.31. The molecule has 0 atom stereocenters. The summed E-state index contributed by atoms with van der Waals surface area (Å²) in [4.78, 5) is 70.6. The van der Waals surface area contributed by atoms with E-state index in [1.165, 1.54) is 22.7 Å². The van der Waals surface area contributed by atoms with Crippen molar-refractivity contribution >= 4 is 66.5 Å². The van der Waals surface area contributed by atoms with Crippen molar-refractivity contribution in [3.8, 4) is 0 Å². The Morgan fingerprint density at radius 3 is 1.59 bits per heavy atom. The molecule has 2 saturated heterocycles. The topological polar surface area (TPSA) is 150 Å². The maximum atomic E-state index is 12.7. The van der Waals surface area contributed by atoms with E-state index in [-0.39, 0.29) is 29.3 Å². The lowest BCUT2D eigenvalue weighted by Crippen LogP contribution is -2.38. The van der Waals surface area contributed by atoms with Gasteiger partial charge in [-0.05, 0) is 110 Å². The van der Waals surface area contributed by atoms with Crippen LogP contribution in [0.4, 0.5) is 13.2 Å². The molecule has 2 N–H and O–H groups in total. The number of nitrogens with one attached hydrogen (secondary N) is 2. The number of alkyl halides is 3. The van der Waals surface area contributed by atoms with Crippen molar-refractivity contribution in [3.05, 3.63) is 118 Å². The zero-order chi connectivity index (χ0) is 44.9. The third-order valence-electron chi connectivity index (χ3n) is 11.8. The normalized spacial score (nSPS) is 14.9. The van der Waals surface area contributed by atoms with Crippen molar-refractivity contribution in [3.63, 3.8) is 0 Å². The fourth-order valence-electron chi connectivity index (χ4n) is 8.06. The molecule has 6 aromatic heterocycles. The van der Waals surface area contributed by atoms with Crippen LogP contribution >= 0.6 is 22.7 Å². The van der Waals surface area contributed by atoms with E-state index in [2.05, 4.69) is 30.6 Å². The molecule has 6 aromatic rings. The number of halogens is 3. The number of piperidine rings is 2. The molecule has 8 rings (SSSR count). The molecule has 0 aromatic carbocycles. The summed E-state index contributed by atoms with van der Waals surface area (Å²) >= 11 is 2.92. The van der Waals surface area contributed by atoms with Crippen molar-refractivity contribution in [1.29, 1.82) is 0 Å². The Bertz CT molecular complexity index is 2420. The van der Waals surface area contributed by atoms with Crippen LogP contribution in [-0.4, -0.2) is 92.6 Å². The summed E-state index contributed by atoms with van der Waals surface area (Å²) < 4.78 is 40.0. The smallest absolute Gasteiger partial charge is 0.351 e. The number of unbranched alkanes of at least 4 members (excludes halogenated alkanes) is 2. The molecule has 0 aliphatic carbocycles. The van der Waals surface area contributed by atoms with Crippen LogP contribution in [-0.2, 0) is 6.18 Å². The van der Waals surface area contributed by atoms with Crippen molar-refractivity contribution in [2.24, 2.45) is 11.8 Å². The minimum absolute atomic E-state index is 0.00146. The largest absolute Gasteiger partial charge is 0.417 e. The van der Waals surface area contributed by atoms with Crippen molar-refractivity contribution in [2.45, 2.75) is 70.4 Å². The molecule has 0 unspecified atom stereocenters. The minimum atomic E-state index is -4.47. The number of likely N-dealkylation sites (tertiary alicyclic amines) is 2. The van der Waals surface area contributed by atoms with Gasteiger partial charge in [0.2, 0.25) is 0 Å². The Balaban J connectivity index is 0.000000193. The van der Waals surface area contributed by atoms with Crippen LogP contribution in [0.5, 0.6) is 0 Å². The highest BCUT2D eigenvalue weighted by Gasteiger charge is 2.32. The van der Waals surface area contributed by atoms with E-state index >= 15 is 0 Å². The van der Waals surface area contributed by atoms with Gasteiger partial charge in [0, 0.05) is 82.6 Å².